The van der Waals surface area contributed by atoms with E-state index >= 15 is 0 Å². The Morgan fingerprint density at radius 3 is 2.65 bits per heavy atom. The van der Waals surface area contributed by atoms with Crippen LogP contribution < -0.4 is 5.32 Å². The summed E-state index contributed by atoms with van der Waals surface area (Å²) in [7, 11) is 2.15. The Morgan fingerprint density at radius 2 is 1.95 bits per heavy atom. The summed E-state index contributed by atoms with van der Waals surface area (Å²) in [6, 6.07) is 6.78. The number of rotatable bonds is 6. The topological polar surface area (TPSA) is 17.0 Å². The van der Waals surface area contributed by atoms with Gasteiger partial charge in [0.2, 0.25) is 0 Å². The van der Waals surface area contributed by atoms with Crippen LogP contribution in [0.15, 0.2) is 24.4 Å². The average molecular weight is 272 g/mol. The molecule has 0 aliphatic heterocycles. The highest BCUT2D eigenvalue weighted by atomic mass is 14.9. The fourth-order valence-electron chi connectivity index (χ4n) is 2.87. The Hall–Kier alpha value is -1.28. The van der Waals surface area contributed by atoms with Crippen molar-refractivity contribution in [3.05, 3.63) is 35.5 Å². The second-order valence-corrected chi connectivity index (χ2v) is 6.56. The first kappa shape index (κ1) is 15.1. The predicted molar refractivity (Wildman–Crippen MR) is 88.5 cm³/mol. The average Bonchev–Trinajstić information content (AvgIpc) is 2.73. The standard InChI is InChI=1S/C18H28N2/c1-6-10-19-11-9-18(3,4)16-13-20(5)17-12-14(2)7-8-15(16)17/h7-8,12-13,19H,6,9-11H2,1-5H3. The van der Waals surface area contributed by atoms with Crippen LogP contribution in [0.4, 0.5) is 0 Å². The van der Waals surface area contributed by atoms with Crippen LogP contribution in [0.1, 0.15) is 44.7 Å². The first-order valence-electron chi connectivity index (χ1n) is 7.72. The lowest BCUT2D eigenvalue weighted by Crippen LogP contribution is -2.25. The number of nitrogens with one attached hydrogen (secondary N) is 1. The lowest BCUT2D eigenvalue weighted by Gasteiger charge is -2.24. The molecule has 0 radical (unpaired) electrons. The molecule has 110 valence electrons. The number of aryl methyl sites for hydroxylation is 2. The third kappa shape index (κ3) is 3.06. The molecule has 0 saturated heterocycles. The summed E-state index contributed by atoms with van der Waals surface area (Å²) in [5.74, 6) is 0. The SMILES string of the molecule is CCCNCCC(C)(C)c1cn(C)c2cc(C)ccc12. The Labute approximate surface area is 123 Å². The minimum Gasteiger partial charge on any atom is -0.350 e. The Bertz CT molecular complexity index is 578. The maximum Gasteiger partial charge on any atom is 0.0483 e. The van der Waals surface area contributed by atoms with Gasteiger partial charge in [0.05, 0.1) is 0 Å². The van der Waals surface area contributed by atoms with Gasteiger partial charge in [-0.15, -0.1) is 0 Å². The van der Waals surface area contributed by atoms with E-state index in [0.29, 0.717) is 0 Å². The maximum absolute atomic E-state index is 3.52. The number of nitrogens with zero attached hydrogens (tertiary/aromatic N) is 1. The number of hydrogen-bond donors (Lipinski definition) is 1. The van der Waals surface area contributed by atoms with E-state index in [2.05, 4.69) is 69.0 Å². The molecule has 0 fully saturated rings. The summed E-state index contributed by atoms with van der Waals surface area (Å²) in [4.78, 5) is 0. The molecule has 2 heteroatoms. The zero-order chi connectivity index (χ0) is 14.8. The summed E-state index contributed by atoms with van der Waals surface area (Å²) in [6.07, 6.45) is 4.68. The molecule has 2 nitrogen and oxygen atoms in total. The first-order chi connectivity index (χ1) is 9.45. The third-order valence-electron chi connectivity index (χ3n) is 4.23. The summed E-state index contributed by atoms with van der Waals surface area (Å²) in [6.45, 7) is 11.3. The first-order valence-corrected chi connectivity index (χ1v) is 7.72. The largest absolute Gasteiger partial charge is 0.350 e. The zero-order valence-corrected chi connectivity index (χ0v) is 13.6. The molecule has 0 spiro atoms. The van der Waals surface area contributed by atoms with Crippen molar-refractivity contribution in [2.75, 3.05) is 13.1 Å². The van der Waals surface area contributed by atoms with E-state index < -0.39 is 0 Å². The van der Waals surface area contributed by atoms with E-state index in [1.807, 2.05) is 0 Å². The highest BCUT2D eigenvalue weighted by Gasteiger charge is 2.24. The van der Waals surface area contributed by atoms with Gasteiger partial charge in [0.25, 0.3) is 0 Å². The number of aromatic nitrogens is 1. The van der Waals surface area contributed by atoms with Gasteiger partial charge < -0.3 is 9.88 Å². The van der Waals surface area contributed by atoms with Crippen molar-refractivity contribution in [3.63, 3.8) is 0 Å². The van der Waals surface area contributed by atoms with Gasteiger partial charge in [-0.1, -0.05) is 32.9 Å². The quantitative estimate of drug-likeness (QED) is 0.782. The van der Waals surface area contributed by atoms with Crippen molar-refractivity contribution in [2.24, 2.45) is 7.05 Å². The molecular formula is C18H28N2. The Morgan fingerprint density at radius 1 is 1.20 bits per heavy atom. The van der Waals surface area contributed by atoms with Crippen molar-refractivity contribution in [2.45, 2.75) is 46.0 Å². The number of hydrogen-bond acceptors (Lipinski definition) is 1. The van der Waals surface area contributed by atoms with Crippen LogP contribution in [0, 0.1) is 6.92 Å². The summed E-state index contributed by atoms with van der Waals surface area (Å²) in [5, 5.41) is 4.92. The molecule has 0 unspecified atom stereocenters. The molecule has 0 amide bonds. The Kier molecular flexibility index (Phi) is 4.54. The lowest BCUT2D eigenvalue weighted by atomic mass is 9.81. The van der Waals surface area contributed by atoms with Crippen molar-refractivity contribution >= 4 is 10.9 Å². The van der Waals surface area contributed by atoms with Crippen molar-refractivity contribution in [1.29, 1.82) is 0 Å². The molecule has 0 aliphatic rings. The van der Waals surface area contributed by atoms with Gasteiger partial charge in [-0.05, 0) is 55.5 Å². The zero-order valence-electron chi connectivity index (χ0n) is 13.6. The molecule has 20 heavy (non-hydrogen) atoms. The summed E-state index contributed by atoms with van der Waals surface area (Å²) in [5.41, 5.74) is 4.34. The van der Waals surface area contributed by atoms with E-state index in [4.69, 9.17) is 0 Å². The highest BCUT2D eigenvalue weighted by molar-refractivity contribution is 5.85. The third-order valence-corrected chi connectivity index (χ3v) is 4.23. The van der Waals surface area contributed by atoms with E-state index in [9.17, 15) is 0 Å². The smallest absolute Gasteiger partial charge is 0.0483 e. The fraction of sp³-hybridized carbons (Fsp3) is 0.556. The van der Waals surface area contributed by atoms with Gasteiger partial charge in [-0.2, -0.15) is 0 Å². The van der Waals surface area contributed by atoms with Crippen LogP contribution >= 0.6 is 0 Å². The molecule has 0 atom stereocenters. The molecule has 0 saturated carbocycles. The van der Waals surface area contributed by atoms with Crippen LogP contribution in [0.3, 0.4) is 0 Å². The number of benzene rings is 1. The minimum atomic E-state index is 0.204. The van der Waals surface area contributed by atoms with Gasteiger partial charge in [-0.3, -0.25) is 0 Å². The highest BCUT2D eigenvalue weighted by Crippen LogP contribution is 2.34. The van der Waals surface area contributed by atoms with E-state index in [1.54, 1.807) is 0 Å². The van der Waals surface area contributed by atoms with Gasteiger partial charge >= 0.3 is 0 Å². The Balaban J connectivity index is 2.27. The second kappa shape index (κ2) is 6.01. The van der Waals surface area contributed by atoms with Gasteiger partial charge in [-0.25, -0.2) is 0 Å². The minimum absolute atomic E-state index is 0.204. The van der Waals surface area contributed by atoms with Crippen LogP contribution in [0.5, 0.6) is 0 Å². The molecule has 0 aliphatic carbocycles. The van der Waals surface area contributed by atoms with E-state index in [1.165, 1.54) is 34.9 Å². The monoisotopic (exact) mass is 272 g/mol. The normalized spacial score (nSPS) is 12.2. The molecule has 2 rings (SSSR count). The fourth-order valence-corrected chi connectivity index (χ4v) is 2.87. The second-order valence-electron chi connectivity index (χ2n) is 6.56. The molecule has 1 aromatic carbocycles. The lowest BCUT2D eigenvalue weighted by molar-refractivity contribution is 0.459. The molecule has 2 aromatic rings. The van der Waals surface area contributed by atoms with Crippen molar-refractivity contribution in [3.8, 4) is 0 Å². The molecular weight excluding hydrogens is 244 g/mol. The van der Waals surface area contributed by atoms with Gasteiger partial charge in [0.15, 0.2) is 0 Å². The summed E-state index contributed by atoms with van der Waals surface area (Å²) < 4.78 is 2.26. The predicted octanol–water partition coefficient (Wildman–Crippen LogP) is 4.15. The van der Waals surface area contributed by atoms with E-state index in [-0.39, 0.29) is 5.41 Å². The van der Waals surface area contributed by atoms with E-state index in [0.717, 1.165) is 13.1 Å². The van der Waals surface area contributed by atoms with Gasteiger partial charge in [0.1, 0.15) is 0 Å². The molecule has 0 bridgehead atoms. The van der Waals surface area contributed by atoms with Crippen LogP contribution in [0.25, 0.3) is 10.9 Å². The molecule has 1 N–H and O–H groups in total. The number of fused-ring (bicyclic) bond motifs is 1. The van der Waals surface area contributed by atoms with Crippen molar-refractivity contribution < 1.29 is 0 Å². The van der Waals surface area contributed by atoms with Crippen LogP contribution in [-0.2, 0) is 12.5 Å². The van der Waals surface area contributed by atoms with Crippen molar-refractivity contribution in [1.82, 2.24) is 9.88 Å². The summed E-state index contributed by atoms with van der Waals surface area (Å²) >= 11 is 0. The molecule has 1 aromatic heterocycles. The molecule has 1 heterocycles. The van der Waals surface area contributed by atoms with Crippen LogP contribution in [-0.4, -0.2) is 17.7 Å². The van der Waals surface area contributed by atoms with Gasteiger partial charge in [0, 0.05) is 24.1 Å². The maximum atomic E-state index is 3.52. The van der Waals surface area contributed by atoms with Crippen LogP contribution in [0.2, 0.25) is 0 Å².